The highest BCUT2D eigenvalue weighted by Gasteiger charge is 2.31. The maximum atomic E-state index is 13.3. The Morgan fingerprint density at radius 2 is 1.97 bits per heavy atom. The third kappa shape index (κ3) is 3.95. The van der Waals surface area contributed by atoms with Crippen LogP contribution in [0.4, 0.5) is 11.6 Å². The van der Waals surface area contributed by atoms with E-state index in [9.17, 15) is 14.7 Å². The van der Waals surface area contributed by atoms with E-state index in [4.69, 9.17) is 4.98 Å². The largest absolute Gasteiger partial charge is 0.478 e. The van der Waals surface area contributed by atoms with Crippen LogP contribution in [-0.4, -0.2) is 33.7 Å². The van der Waals surface area contributed by atoms with E-state index in [1.54, 1.807) is 35.9 Å². The third-order valence-electron chi connectivity index (χ3n) is 6.29. The van der Waals surface area contributed by atoms with Gasteiger partial charge in [-0.3, -0.25) is 9.36 Å². The van der Waals surface area contributed by atoms with Crippen LogP contribution in [0.25, 0.3) is 10.9 Å². The van der Waals surface area contributed by atoms with Gasteiger partial charge in [-0.1, -0.05) is 32.0 Å². The van der Waals surface area contributed by atoms with Crippen molar-refractivity contribution in [1.82, 2.24) is 9.55 Å². The Hall–Kier alpha value is -3.35. The SMILES string of the molecule is Cc1cc([C@H](C)Nc2ccccc2C(=O)O)c2nc(N3CCC(C)(C)C3)n(C)c(=O)c2c1. The first-order valence-corrected chi connectivity index (χ1v) is 10.9. The van der Waals surface area contributed by atoms with Gasteiger partial charge >= 0.3 is 5.97 Å². The summed E-state index contributed by atoms with van der Waals surface area (Å²) in [5, 5.41) is 13.4. The van der Waals surface area contributed by atoms with Crippen LogP contribution >= 0.6 is 0 Å². The summed E-state index contributed by atoms with van der Waals surface area (Å²) in [6.07, 6.45) is 1.05. The lowest BCUT2D eigenvalue weighted by atomic mass is 9.93. The molecule has 168 valence electrons. The standard InChI is InChI=1S/C25H30N4O3/c1-15-12-18(16(2)26-20-9-7-6-8-17(20)23(31)32)21-19(13-15)22(30)28(5)24(27-21)29-11-10-25(3,4)14-29/h6-9,12-13,16,26H,10-11,14H2,1-5H3,(H,31,32)/t16-/m0/s1. The molecule has 1 aliphatic heterocycles. The van der Waals surface area contributed by atoms with Crippen molar-refractivity contribution in [1.29, 1.82) is 0 Å². The van der Waals surface area contributed by atoms with Gasteiger partial charge in [0.25, 0.3) is 5.56 Å². The Balaban J connectivity index is 1.83. The van der Waals surface area contributed by atoms with Crippen molar-refractivity contribution < 1.29 is 9.90 Å². The summed E-state index contributed by atoms with van der Waals surface area (Å²) in [5.74, 6) is -0.309. The molecule has 1 aromatic heterocycles. The first kappa shape index (κ1) is 21.9. The van der Waals surface area contributed by atoms with E-state index in [2.05, 4.69) is 24.1 Å². The van der Waals surface area contributed by atoms with Crippen molar-refractivity contribution in [3.63, 3.8) is 0 Å². The molecule has 2 aromatic carbocycles. The molecular weight excluding hydrogens is 404 g/mol. The van der Waals surface area contributed by atoms with Crippen molar-refractivity contribution in [3.05, 3.63) is 63.4 Å². The average Bonchev–Trinajstić information content (AvgIpc) is 3.10. The molecule has 0 radical (unpaired) electrons. The molecule has 0 spiro atoms. The molecule has 2 heterocycles. The number of aryl methyl sites for hydroxylation is 1. The average molecular weight is 435 g/mol. The number of para-hydroxylation sites is 1. The number of carboxylic acids is 1. The van der Waals surface area contributed by atoms with Crippen molar-refractivity contribution in [2.75, 3.05) is 23.3 Å². The minimum atomic E-state index is -0.986. The predicted molar refractivity (Wildman–Crippen MR) is 128 cm³/mol. The van der Waals surface area contributed by atoms with Gasteiger partial charge in [-0.25, -0.2) is 9.78 Å². The maximum absolute atomic E-state index is 13.3. The summed E-state index contributed by atoms with van der Waals surface area (Å²) >= 11 is 0. The van der Waals surface area contributed by atoms with Gasteiger partial charge in [0.05, 0.1) is 22.5 Å². The number of carbonyl (C=O) groups is 1. The highest BCUT2D eigenvalue weighted by Crippen LogP contribution is 2.33. The van der Waals surface area contributed by atoms with Gasteiger partial charge in [0.1, 0.15) is 0 Å². The number of nitrogens with zero attached hydrogens (tertiary/aromatic N) is 3. The van der Waals surface area contributed by atoms with Crippen LogP contribution in [0, 0.1) is 12.3 Å². The molecule has 0 bridgehead atoms. The lowest BCUT2D eigenvalue weighted by molar-refractivity contribution is 0.0698. The van der Waals surface area contributed by atoms with Gasteiger partial charge < -0.3 is 15.3 Å². The smallest absolute Gasteiger partial charge is 0.337 e. The lowest BCUT2D eigenvalue weighted by Gasteiger charge is -2.24. The molecule has 2 N–H and O–H groups in total. The summed E-state index contributed by atoms with van der Waals surface area (Å²) in [6, 6.07) is 10.5. The monoisotopic (exact) mass is 434 g/mol. The summed E-state index contributed by atoms with van der Waals surface area (Å²) in [5.41, 5.74) is 3.34. The number of benzene rings is 2. The number of rotatable bonds is 5. The first-order valence-electron chi connectivity index (χ1n) is 10.9. The van der Waals surface area contributed by atoms with E-state index in [0.29, 0.717) is 22.5 Å². The van der Waals surface area contributed by atoms with Crippen LogP contribution in [0.5, 0.6) is 0 Å². The summed E-state index contributed by atoms with van der Waals surface area (Å²) in [6.45, 7) is 10.1. The van der Waals surface area contributed by atoms with E-state index in [1.807, 2.05) is 26.0 Å². The van der Waals surface area contributed by atoms with Crippen LogP contribution in [0.2, 0.25) is 0 Å². The van der Waals surface area contributed by atoms with Crippen LogP contribution in [0.3, 0.4) is 0 Å². The summed E-state index contributed by atoms with van der Waals surface area (Å²) < 4.78 is 1.64. The van der Waals surface area contributed by atoms with E-state index in [1.165, 1.54) is 0 Å². The van der Waals surface area contributed by atoms with Gasteiger partial charge in [0.2, 0.25) is 5.95 Å². The second-order valence-corrected chi connectivity index (χ2v) is 9.58. The normalized spacial score (nSPS) is 16.3. The number of carboxylic acid groups (broad SMARTS) is 1. The zero-order chi connectivity index (χ0) is 23.2. The highest BCUT2D eigenvalue weighted by molar-refractivity contribution is 5.94. The topological polar surface area (TPSA) is 87.5 Å². The molecule has 7 heteroatoms. The number of nitrogens with one attached hydrogen (secondary N) is 1. The van der Waals surface area contributed by atoms with Gasteiger partial charge in [0.15, 0.2) is 0 Å². The molecule has 7 nitrogen and oxygen atoms in total. The molecule has 1 atom stereocenters. The minimum absolute atomic E-state index is 0.0715. The molecule has 0 unspecified atom stereocenters. The number of aromatic nitrogens is 2. The summed E-state index contributed by atoms with van der Waals surface area (Å²) in [7, 11) is 1.78. The Morgan fingerprint density at radius 1 is 1.25 bits per heavy atom. The van der Waals surface area contributed by atoms with Gasteiger partial charge in [-0.2, -0.15) is 0 Å². The zero-order valence-electron chi connectivity index (χ0n) is 19.3. The number of aromatic carboxylic acids is 1. The molecule has 0 amide bonds. The fourth-order valence-corrected chi connectivity index (χ4v) is 4.54. The van der Waals surface area contributed by atoms with E-state index >= 15 is 0 Å². The van der Waals surface area contributed by atoms with Crippen LogP contribution < -0.4 is 15.8 Å². The van der Waals surface area contributed by atoms with E-state index in [0.717, 1.165) is 30.6 Å². The zero-order valence-corrected chi connectivity index (χ0v) is 19.3. The minimum Gasteiger partial charge on any atom is -0.478 e. The fraction of sp³-hybridized carbons (Fsp3) is 0.400. The number of hydrogen-bond acceptors (Lipinski definition) is 5. The maximum Gasteiger partial charge on any atom is 0.337 e. The van der Waals surface area contributed by atoms with Crippen LogP contribution in [0.1, 0.15) is 54.7 Å². The summed E-state index contributed by atoms with van der Waals surface area (Å²) in [4.78, 5) is 32.1. The van der Waals surface area contributed by atoms with Crippen LogP contribution in [0.15, 0.2) is 41.2 Å². The highest BCUT2D eigenvalue weighted by atomic mass is 16.4. The Labute approximate surface area is 187 Å². The Bertz CT molecular complexity index is 1260. The molecule has 32 heavy (non-hydrogen) atoms. The van der Waals surface area contributed by atoms with Gasteiger partial charge in [0, 0.05) is 31.4 Å². The van der Waals surface area contributed by atoms with E-state index < -0.39 is 5.97 Å². The van der Waals surface area contributed by atoms with Crippen molar-refractivity contribution in [3.8, 4) is 0 Å². The number of anilines is 2. The quantitative estimate of drug-likeness (QED) is 0.621. The Kier molecular flexibility index (Phi) is 5.44. The number of fused-ring (bicyclic) bond motifs is 1. The second kappa shape index (κ2) is 7.97. The first-order chi connectivity index (χ1) is 15.1. The molecule has 4 rings (SSSR count). The molecule has 1 aliphatic rings. The molecule has 1 saturated heterocycles. The lowest BCUT2D eigenvalue weighted by Crippen LogP contribution is -2.31. The van der Waals surface area contributed by atoms with E-state index in [-0.39, 0.29) is 22.6 Å². The van der Waals surface area contributed by atoms with Crippen molar-refractivity contribution in [2.24, 2.45) is 12.5 Å². The van der Waals surface area contributed by atoms with Gasteiger partial charge in [-0.05, 0) is 49.4 Å². The van der Waals surface area contributed by atoms with Crippen LogP contribution in [-0.2, 0) is 7.05 Å². The van der Waals surface area contributed by atoms with Crippen molar-refractivity contribution in [2.45, 2.75) is 40.2 Å². The fourth-order valence-electron chi connectivity index (χ4n) is 4.54. The Morgan fingerprint density at radius 3 is 2.62 bits per heavy atom. The van der Waals surface area contributed by atoms with Crippen molar-refractivity contribution >= 4 is 28.5 Å². The molecule has 1 fully saturated rings. The molecular formula is C25H30N4O3. The second-order valence-electron chi connectivity index (χ2n) is 9.58. The molecule has 0 aliphatic carbocycles. The predicted octanol–water partition coefficient (Wildman–Crippen LogP) is 4.35. The molecule has 0 saturated carbocycles. The third-order valence-corrected chi connectivity index (χ3v) is 6.29. The van der Waals surface area contributed by atoms with Gasteiger partial charge in [-0.15, -0.1) is 0 Å². The number of hydrogen-bond donors (Lipinski definition) is 2. The molecule has 3 aromatic rings.